The maximum atomic E-state index is 13.1. The first kappa shape index (κ1) is 23.6. The summed E-state index contributed by atoms with van der Waals surface area (Å²) in [5, 5.41) is 0.560. The number of hydrogen-bond donors (Lipinski definition) is 1. The molecule has 0 fully saturated rings. The van der Waals surface area contributed by atoms with E-state index in [2.05, 4.69) is 15.9 Å². The average Bonchev–Trinajstić information content (AvgIpc) is 2.73. The molecular formula is C23H26BrClN2O4. The first-order valence-corrected chi connectivity index (χ1v) is 11.4. The average molecular weight is 510 g/mol. The smallest absolute Gasteiger partial charge is 0.434 e. The molecule has 1 atom stereocenters. The van der Waals surface area contributed by atoms with Gasteiger partial charge in [-0.05, 0) is 54.5 Å². The molecule has 2 N–H and O–H groups in total. The van der Waals surface area contributed by atoms with Gasteiger partial charge in [0, 0.05) is 11.0 Å². The lowest BCUT2D eigenvalue weighted by Gasteiger charge is -2.32. The molecule has 6 nitrogen and oxygen atoms in total. The lowest BCUT2D eigenvalue weighted by Crippen LogP contribution is -2.47. The van der Waals surface area contributed by atoms with Crippen LogP contribution in [0.1, 0.15) is 31.4 Å². The minimum atomic E-state index is -0.749. The van der Waals surface area contributed by atoms with Crippen molar-refractivity contribution in [2.45, 2.75) is 39.2 Å². The zero-order valence-corrected chi connectivity index (χ0v) is 19.9. The van der Waals surface area contributed by atoms with Gasteiger partial charge in [0.15, 0.2) is 0 Å². The van der Waals surface area contributed by atoms with Gasteiger partial charge >= 0.3 is 6.16 Å². The van der Waals surface area contributed by atoms with Crippen LogP contribution >= 0.6 is 27.5 Å². The fourth-order valence-electron chi connectivity index (χ4n) is 3.47. The van der Waals surface area contributed by atoms with E-state index >= 15 is 0 Å². The highest BCUT2D eigenvalue weighted by molar-refractivity contribution is 9.10. The first-order valence-electron chi connectivity index (χ1n) is 10.2. The quantitative estimate of drug-likeness (QED) is 0.431. The molecular weight excluding hydrogens is 484 g/mol. The third kappa shape index (κ3) is 5.99. The molecule has 8 heteroatoms. The van der Waals surface area contributed by atoms with Crippen LogP contribution in [0.3, 0.4) is 0 Å². The van der Waals surface area contributed by atoms with Crippen LogP contribution in [-0.2, 0) is 22.4 Å². The number of fused-ring (bicyclic) bond motifs is 1. The Bertz CT molecular complexity index is 967. The summed E-state index contributed by atoms with van der Waals surface area (Å²) in [5.41, 5.74) is 8.94. The van der Waals surface area contributed by atoms with Crippen molar-refractivity contribution in [2.24, 2.45) is 11.7 Å². The summed E-state index contributed by atoms with van der Waals surface area (Å²) in [6, 6.07) is 10.0. The number of rotatable bonds is 6. The van der Waals surface area contributed by atoms with Crippen molar-refractivity contribution in [3.63, 3.8) is 0 Å². The third-order valence-corrected chi connectivity index (χ3v) is 5.99. The number of hydrogen-bond acceptors (Lipinski definition) is 5. The summed E-state index contributed by atoms with van der Waals surface area (Å²) in [6.07, 6.45) is 1.34. The lowest BCUT2D eigenvalue weighted by molar-refractivity contribution is -0.119. The number of halogens is 2. The van der Waals surface area contributed by atoms with Gasteiger partial charge in [0.2, 0.25) is 5.91 Å². The second kappa shape index (κ2) is 10.5. The molecule has 1 aliphatic heterocycles. The van der Waals surface area contributed by atoms with Crippen molar-refractivity contribution < 1.29 is 19.1 Å². The highest BCUT2D eigenvalue weighted by Crippen LogP contribution is 2.34. The van der Waals surface area contributed by atoms with Crippen LogP contribution < -0.4 is 15.4 Å². The highest BCUT2D eigenvalue weighted by atomic mass is 79.9. The number of aryl methyl sites for hydroxylation is 1. The van der Waals surface area contributed by atoms with Crippen molar-refractivity contribution in [1.29, 1.82) is 0 Å². The van der Waals surface area contributed by atoms with Gasteiger partial charge in [-0.15, -0.1) is 0 Å². The van der Waals surface area contributed by atoms with Crippen LogP contribution in [0.15, 0.2) is 40.9 Å². The van der Waals surface area contributed by atoms with Gasteiger partial charge in [0.25, 0.3) is 0 Å². The topological polar surface area (TPSA) is 81.9 Å². The number of carbonyl (C=O) groups is 2. The molecule has 0 saturated carbocycles. The van der Waals surface area contributed by atoms with Gasteiger partial charge in [-0.2, -0.15) is 0 Å². The zero-order valence-electron chi connectivity index (χ0n) is 17.6. The molecule has 0 aliphatic carbocycles. The molecule has 2 aromatic carbocycles. The highest BCUT2D eigenvalue weighted by Gasteiger charge is 2.28. The van der Waals surface area contributed by atoms with Crippen LogP contribution in [0.4, 0.5) is 10.5 Å². The summed E-state index contributed by atoms with van der Waals surface area (Å²) >= 11 is 9.85. The predicted octanol–water partition coefficient (Wildman–Crippen LogP) is 5.12. The summed E-state index contributed by atoms with van der Waals surface area (Å²) in [4.78, 5) is 26.5. The fourth-order valence-corrected chi connectivity index (χ4v) is 4.28. The van der Waals surface area contributed by atoms with Crippen molar-refractivity contribution in [3.8, 4) is 5.75 Å². The van der Waals surface area contributed by atoms with Gasteiger partial charge in [0.1, 0.15) is 5.75 Å². The molecule has 1 aliphatic rings. The zero-order chi connectivity index (χ0) is 22.5. The van der Waals surface area contributed by atoms with E-state index in [1.165, 1.54) is 0 Å². The van der Waals surface area contributed by atoms with E-state index in [4.69, 9.17) is 26.8 Å². The molecule has 2 aromatic rings. The Labute approximate surface area is 195 Å². The standard InChI is InChI=1S/C23H26BrClN2O4/c1-14(2)13-30-23(29)31-17-9-8-16(18(24)12-17)11-20(26)22(28)27-10-4-6-15-5-3-7-19(25)21(15)27/h3,5,7-9,12,14,20H,4,6,10-11,13,26H2,1-2H3. The Balaban J connectivity index is 1.66. The van der Waals surface area contributed by atoms with Crippen LogP contribution in [0.2, 0.25) is 5.02 Å². The molecule has 1 unspecified atom stereocenters. The normalized spacial score (nSPS) is 14.2. The van der Waals surface area contributed by atoms with E-state index in [0.717, 1.165) is 29.7 Å². The van der Waals surface area contributed by atoms with E-state index in [0.29, 0.717) is 34.8 Å². The maximum Gasteiger partial charge on any atom is 0.513 e. The molecule has 0 bridgehead atoms. The van der Waals surface area contributed by atoms with Crippen molar-refractivity contribution in [1.82, 2.24) is 0 Å². The molecule has 0 spiro atoms. The molecule has 1 amide bonds. The number of nitrogens with two attached hydrogens (primary N) is 1. The lowest BCUT2D eigenvalue weighted by atomic mass is 9.99. The van der Waals surface area contributed by atoms with Gasteiger partial charge < -0.3 is 20.1 Å². The maximum absolute atomic E-state index is 13.1. The molecule has 0 saturated heterocycles. The summed E-state index contributed by atoms with van der Waals surface area (Å²) in [5.74, 6) is 0.405. The SMILES string of the molecule is CC(C)COC(=O)Oc1ccc(CC(N)C(=O)N2CCCc3cccc(Cl)c32)c(Br)c1. The largest absolute Gasteiger partial charge is 0.513 e. The van der Waals surface area contributed by atoms with Gasteiger partial charge in [0.05, 0.1) is 23.4 Å². The molecule has 1 heterocycles. The van der Waals surface area contributed by atoms with E-state index in [1.807, 2.05) is 26.0 Å². The summed E-state index contributed by atoms with van der Waals surface area (Å²) in [6.45, 7) is 4.77. The van der Waals surface area contributed by atoms with Crippen molar-refractivity contribution >= 4 is 45.3 Å². The summed E-state index contributed by atoms with van der Waals surface area (Å²) in [7, 11) is 0. The number of nitrogens with zero attached hydrogens (tertiary/aromatic N) is 1. The fraction of sp³-hybridized carbons (Fsp3) is 0.391. The predicted molar refractivity (Wildman–Crippen MR) is 125 cm³/mol. The van der Waals surface area contributed by atoms with E-state index in [1.54, 1.807) is 29.2 Å². The monoisotopic (exact) mass is 508 g/mol. The molecule has 0 radical (unpaired) electrons. The van der Waals surface area contributed by atoms with Gasteiger partial charge in [-0.25, -0.2) is 4.79 Å². The van der Waals surface area contributed by atoms with Crippen LogP contribution in [0, 0.1) is 5.92 Å². The van der Waals surface area contributed by atoms with Crippen molar-refractivity contribution in [3.05, 3.63) is 57.0 Å². The van der Waals surface area contributed by atoms with Gasteiger partial charge in [-0.1, -0.05) is 59.6 Å². The number of amides is 1. The number of ether oxygens (including phenoxy) is 2. The number of anilines is 1. The Morgan fingerprint density at radius 1 is 1.26 bits per heavy atom. The minimum absolute atomic E-state index is 0.168. The summed E-state index contributed by atoms with van der Waals surface area (Å²) < 4.78 is 10.9. The second-order valence-corrected chi connectivity index (χ2v) is 9.22. The van der Waals surface area contributed by atoms with Gasteiger partial charge in [-0.3, -0.25) is 4.79 Å². The van der Waals surface area contributed by atoms with Crippen LogP contribution in [0.25, 0.3) is 0 Å². The number of benzene rings is 2. The molecule has 166 valence electrons. The Kier molecular flexibility index (Phi) is 7.97. The molecule has 0 aromatic heterocycles. The van der Waals surface area contributed by atoms with Crippen LogP contribution in [0.5, 0.6) is 5.75 Å². The number of carbonyl (C=O) groups excluding carboxylic acids is 2. The van der Waals surface area contributed by atoms with E-state index in [-0.39, 0.29) is 11.8 Å². The number of para-hydroxylation sites is 1. The van der Waals surface area contributed by atoms with Crippen molar-refractivity contribution in [2.75, 3.05) is 18.1 Å². The first-order chi connectivity index (χ1) is 14.8. The van der Waals surface area contributed by atoms with E-state index in [9.17, 15) is 9.59 Å². The third-order valence-electron chi connectivity index (χ3n) is 4.95. The van der Waals surface area contributed by atoms with Crippen LogP contribution in [-0.4, -0.2) is 31.3 Å². The Hall–Kier alpha value is -2.09. The minimum Gasteiger partial charge on any atom is -0.434 e. The Morgan fingerprint density at radius 2 is 2.03 bits per heavy atom. The molecule has 31 heavy (non-hydrogen) atoms. The van der Waals surface area contributed by atoms with E-state index < -0.39 is 12.2 Å². The second-order valence-electron chi connectivity index (χ2n) is 7.96. The Morgan fingerprint density at radius 3 is 2.74 bits per heavy atom. The molecule has 3 rings (SSSR count).